The van der Waals surface area contributed by atoms with Crippen LogP contribution >= 0.6 is 0 Å². The third-order valence-corrected chi connectivity index (χ3v) is 1.53. The van der Waals surface area contributed by atoms with Crippen molar-refractivity contribution in [3.63, 3.8) is 0 Å². The number of unbranched alkanes of at least 4 members (excludes halogenated alkanes) is 1. The molecule has 0 aromatic carbocycles. The van der Waals surface area contributed by atoms with Crippen molar-refractivity contribution in [2.45, 2.75) is 25.9 Å². The van der Waals surface area contributed by atoms with Gasteiger partial charge in [0.15, 0.2) is 0 Å². The number of aliphatic hydroxyl groups is 1. The van der Waals surface area contributed by atoms with Crippen LogP contribution in [0.15, 0.2) is 49.1 Å². The molecule has 0 aliphatic heterocycles. The fraction of sp³-hybridized carbons (Fsp3) is 0.333. The van der Waals surface area contributed by atoms with Gasteiger partial charge in [-0.1, -0.05) is 42.5 Å². The van der Waals surface area contributed by atoms with Crippen molar-refractivity contribution in [2.75, 3.05) is 0 Å². The topological polar surface area (TPSA) is 20.2 Å². The van der Waals surface area contributed by atoms with E-state index in [9.17, 15) is 0 Å². The van der Waals surface area contributed by atoms with Crippen LogP contribution in [0.2, 0.25) is 0 Å². The van der Waals surface area contributed by atoms with Crippen molar-refractivity contribution in [1.82, 2.24) is 0 Å². The van der Waals surface area contributed by atoms with Crippen LogP contribution in [0.5, 0.6) is 0 Å². The molecule has 0 aromatic rings. The Kier molecular flexibility index (Phi) is 8.26. The zero-order valence-corrected chi connectivity index (χ0v) is 8.19. The first-order chi connectivity index (χ1) is 6.31. The van der Waals surface area contributed by atoms with E-state index in [1.165, 1.54) is 6.08 Å². The van der Waals surface area contributed by atoms with Crippen LogP contribution in [0.3, 0.4) is 0 Å². The molecule has 0 saturated heterocycles. The molecule has 0 bridgehead atoms. The van der Waals surface area contributed by atoms with Crippen LogP contribution in [0.1, 0.15) is 19.8 Å². The normalized spacial score (nSPS) is 14.6. The second-order valence-corrected chi connectivity index (χ2v) is 2.69. The highest BCUT2D eigenvalue weighted by Gasteiger charge is 1.84. The molecular formula is C12H18O. The molecule has 1 heteroatoms. The highest BCUT2D eigenvalue weighted by atomic mass is 16.3. The minimum absolute atomic E-state index is 0.528. The first kappa shape index (κ1) is 11.9. The summed E-state index contributed by atoms with van der Waals surface area (Å²) in [6, 6.07) is 0. The number of hydrogen-bond donors (Lipinski definition) is 1. The Labute approximate surface area is 80.8 Å². The molecule has 1 unspecified atom stereocenters. The highest BCUT2D eigenvalue weighted by molar-refractivity contribution is 5.08. The molecular weight excluding hydrogens is 160 g/mol. The van der Waals surface area contributed by atoms with Gasteiger partial charge < -0.3 is 5.11 Å². The zero-order valence-electron chi connectivity index (χ0n) is 8.19. The Morgan fingerprint density at radius 2 is 1.92 bits per heavy atom. The molecule has 0 amide bonds. The van der Waals surface area contributed by atoms with Crippen LogP contribution in [0, 0.1) is 0 Å². The average Bonchev–Trinajstić information content (AvgIpc) is 2.16. The number of allylic oxidation sites excluding steroid dienone is 5. The Hall–Kier alpha value is -1.08. The van der Waals surface area contributed by atoms with Crippen molar-refractivity contribution in [3.05, 3.63) is 49.1 Å². The predicted molar refractivity (Wildman–Crippen MR) is 58.5 cm³/mol. The van der Waals surface area contributed by atoms with Crippen LogP contribution < -0.4 is 0 Å². The molecule has 0 aliphatic carbocycles. The average molecular weight is 178 g/mol. The van der Waals surface area contributed by atoms with E-state index in [0.29, 0.717) is 0 Å². The second-order valence-electron chi connectivity index (χ2n) is 2.69. The van der Waals surface area contributed by atoms with Gasteiger partial charge in [-0.2, -0.15) is 0 Å². The summed E-state index contributed by atoms with van der Waals surface area (Å²) in [7, 11) is 0. The third-order valence-electron chi connectivity index (χ3n) is 1.53. The smallest absolute Gasteiger partial charge is 0.0903 e. The molecule has 0 aromatic heterocycles. The monoisotopic (exact) mass is 178 g/mol. The number of hydrogen-bond acceptors (Lipinski definition) is 1. The van der Waals surface area contributed by atoms with Gasteiger partial charge in [-0.3, -0.25) is 0 Å². The predicted octanol–water partition coefficient (Wildman–Crippen LogP) is 3.00. The minimum atomic E-state index is -0.528. The van der Waals surface area contributed by atoms with Gasteiger partial charge in [0.25, 0.3) is 0 Å². The lowest BCUT2D eigenvalue weighted by atomic mass is 10.2. The summed E-state index contributed by atoms with van der Waals surface area (Å²) in [5.74, 6) is 0. The van der Waals surface area contributed by atoms with Gasteiger partial charge in [0.05, 0.1) is 6.10 Å². The number of aliphatic hydroxyl groups excluding tert-OH is 1. The van der Waals surface area contributed by atoms with E-state index in [0.717, 1.165) is 12.8 Å². The molecule has 0 fully saturated rings. The van der Waals surface area contributed by atoms with Gasteiger partial charge >= 0.3 is 0 Å². The summed E-state index contributed by atoms with van der Waals surface area (Å²) in [6.07, 6.45) is 14.8. The van der Waals surface area contributed by atoms with Crippen molar-refractivity contribution in [1.29, 1.82) is 0 Å². The zero-order chi connectivity index (χ0) is 9.94. The van der Waals surface area contributed by atoms with Gasteiger partial charge in [-0.25, -0.2) is 0 Å². The van der Waals surface area contributed by atoms with E-state index in [2.05, 4.69) is 18.7 Å². The summed E-state index contributed by atoms with van der Waals surface area (Å²) in [5, 5.41) is 9.05. The molecule has 1 atom stereocenters. The third kappa shape index (κ3) is 8.83. The molecule has 1 N–H and O–H groups in total. The Morgan fingerprint density at radius 3 is 2.54 bits per heavy atom. The maximum absolute atomic E-state index is 9.05. The van der Waals surface area contributed by atoms with Crippen LogP contribution in [0.25, 0.3) is 0 Å². The van der Waals surface area contributed by atoms with E-state index in [1.54, 1.807) is 6.08 Å². The molecule has 1 nitrogen and oxygen atoms in total. The van der Waals surface area contributed by atoms with E-state index >= 15 is 0 Å². The quantitative estimate of drug-likeness (QED) is 0.376. The van der Waals surface area contributed by atoms with Crippen molar-refractivity contribution < 1.29 is 5.11 Å². The standard InChI is InChI=1S/C12H18O/c1-3-5-6-7-8-9-10-11-12(13)4-2/h3-5,8-13H,2,6-7H2,1H3/b5-3?,9-8+,11-10+. The minimum Gasteiger partial charge on any atom is -0.385 e. The highest BCUT2D eigenvalue weighted by Crippen LogP contribution is 1.93. The maximum atomic E-state index is 9.05. The van der Waals surface area contributed by atoms with E-state index in [-0.39, 0.29) is 0 Å². The summed E-state index contributed by atoms with van der Waals surface area (Å²) in [6.45, 7) is 5.48. The summed E-state index contributed by atoms with van der Waals surface area (Å²) in [5.41, 5.74) is 0. The van der Waals surface area contributed by atoms with Gasteiger partial charge in [0.1, 0.15) is 0 Å². The molecule has 0 heterocycles. The fourth-order valence-electron chi connectivity index (χ4n) is 0.790. The lowest BCUT2D eigenvalue weighted by Crippen LogP contribution is -1.93. The Balaban J connectivity index is 3.50. The van der Waals surface area contributed by atoms with E-state index in [4.69, 9.17) is 5.11 Å². The van der Waals surface area contributed by atoms with Crippen molar-refractivity contribution >= 4 is 0 Å². The molecule has 0 saturated carbocycles. The molecule has 0 radical (unpaired) electrons. The largest absolute Gasteiger partial charge is 0.385 e. The summed E-state index contributed by atoms with van der Waals surface area (Å²) in [4.78, 5) is 0. The lowest BCUT2D eigenvalue weighted by molar-refractivity contribution is 0.272. The maximum Gasteiger partial charge on any atom is 0.0903 e. The van der Waals surface area contributed by atoms with Gasteiger partial charge in [0, 0.05) is 0 Å². The van der Waals surface area contributed by atoms with Gasteiger partial charge in [-0.15, -0.1) is 6.58 Å². The molecule has 0 aliphatic rings. The lowest BCUT2D eigenvalue weighted by Gasteiger charge is -1.91. The van der Waals surface area contributed by atoms with Gasteiger partial charge in [-0.05, 0) is 19.8 Å². The second kappa shape index (κ2) is 9.01. The van der Waals surface area contributed by atoms with Crippen LogP contribution in [-0.2, 0) is 0 Å². The number of rotatable bonds is 6. The molecule has 0 rings (SSSR count). The molecule has 72 valence electrons. The molecule has 13 heavy (non-hydrogen) atoms. The van der Waals surface area contributed by atoms with Crippen LogP contribution in [-0.4, -0.2) is 11.2 Å². The van der Waals surface area contributed by atoms with Crippen LogP contribution in [0.4, 0.5) is 0 Å². The van der Waals surface area contributed by atoms with Crippen molar-refractivity contribution in [3.8, 4) is 0 Å². The summed E-state index contributed by atoms with van der Waals surface area (Å²) >= 11 is 0. The van der Waals surface area contributed by atoms with E-state index < -0.39 is 6.10 Å². The SMILES string of the molecule is C=CC(O)/C=C/C=C/CCC=CC. The Bertz CT molecular complexity index is 199. The first-order valence-corrected chi connectivity index (χ1v) is 4.56. The molecule has 0 spiro atoms. The van der Waals surface area contributed by atoms with Crippen molar-refractivity contribution in [2.24, 2.45) is 0 Å². The van der Waals surface area contributed by atoms with E-state index in [1.807, 2.05) is 25.2 Å². The first-order valence-electron chi connectivity index (χ1n) is 4.56. The summed E-state index contributed by atoms with van der Waals surface area (Å²) < 4.78 is 0. The van der Waals surface area contributed by atoms with Gasteiger partial charge in [0.2, 0.25) is 0 Å². The fourth-order valence-corrected chi connectivity index (χ4v) is 0.790. The Morgan fingerprint density at radius 1 is 1.23 bits per heavy atom.